The first-order valence-electron chi connectivity index (χ1n) is 5.93. The third kappa shape index (κ3) is 3.24. The molecule has 0 bridgehead atoms. The molecule has 0 radical (unpaired) electrons. The molecule has 0 aliphatic heterocycles. The van der Waals surface area contributed by atoms with Gasteiger partial charge in [0.2, 0.25) is 5.95 Å². The van der Waals surface area contributed by atoms with Crippen molar-refractivity contribution in [3.63, 3.8) is 0 Å². The average Bonchev–Trinajstić information content (AvgIpc) is 2.39. The van der Waals surface area contributed by atoms with E-state index in [0.717, 1.165) is 5.56 Å². The molecule has 1 aromatic heterocycles. The predicted molar refractivity (Wildman–Crippen MR) is 69.9 cm³/mol. The molecule has 0 amide bonds. The summed E-state index contributed by atoms with van der Waals surface area (Å²) in [5, 5.41) is 0. The highest BCUT2D eigenvalue weighted by molar-refractivity contribution is 5.55. The van der Waals surface area contributed by atoms with E-state index >= 15 is 0 Å². The lowest BCUT2D eigenvalue weighted by molar-refractivity contribution is 0.149. The van der Waals surface area contributed by atoms with Crippen molar-refractivity contribution in [1.82, 2.24) is 15.0 Å². The quantitative estimate of drug-likeness (QED) is 0.810. The Kier molecular flexibility index (Phi) is 4.20. The van der Waals surface area contributed by atoms with Crippen LogP contribution >= 0.6 is 0 Å². The predicted octanol–water partition coefficient (Wildman–Crippen LogP) is 1.70. The summed E-state index contributed by atoms with van der Waals surface area (Å²) in [5.41, 5.74) is 6.63. The van der Waals surface area contributed by atoms with Gasteiger partial charge in [0.15, 0.2) is 5.82 Å². The normalized spacial score (nSPS) is 10.5. The van der Waals surface area contributed by atoms with Gasteiger partial charge in [-0.05, 0) is 6.92 Å². The molecule has 0 aliphatic carbocycles. The molecule has 0 saturated heterocycles. The van der Waals surface area contributed by atoms with E-state index in [2.05, 4.69) is 15.0 Å². The highest BCUT2D eigenvalue weighted by Crippen LogP contribution is 2.14. The zero-order chi connectivity index (χ0) is 12.8. The molecule has 2 aromatic rings. The second-order valence-corrected chi connectivity index (χ2v) is 3.75. The smallest absolute Gasteiger partial charge is 0.223 e. The molecule has 0 unspecified atom stereocenters. The number of benzene rings is 1. The van der Waals surface area contributed by atoms with E-state index in [4.69, 9.17) is 10.5 Å². The first kappa shape index (κ1) is 12.4. The van der Waals surface area contributed by atoms with Crippen molar-refractivity contribution in [1.29, 1.82) is 0 Å². The number of hydrogen-bond acceptors (Lipinski definition) is 5. The Morgan fingerprint density at radius 1 is 1.11 bits per heavy atom. The van der Waals surface area contributed by atoms with Crippen LogP contribution in [-0.4, -0.2) is 28.2 Å². The Morgan fingerprint density at radius 3 is 2.61 bits per heavy atom. The highest BCUT2D eigenvalue weighted by Gasteiger charge is 2.06. The van der Waals surface area contributed by atoms with Crippen molar-refractivity contribution in [3.05, 3.63) is 36.2 Å². The van der Waals surface area contributed by atoms with Crippen molar-refractivity contribution in [2.75, 3.05) is 18.9 Å². The fourth-order valence-electron chi connectivity index (χ4n) is 1.57. The molecule has 0 atom stereocenters. The van der Waals surface area contributed by atoms with E-state index in [0.29, 0.717) is 31.3 Å². The van der Waals surface area contributed by atoms with Crippen molar-refractivity contribution in [2.24, 2.45) is 0 Å². The molecule has 18 heavy (non-hydrogen) atoms. The first-order chi connectivity index (χ1) is 8.79. The Balaban J connectivity index is 2.21. The summed E-state index contributed by atoms with van der Waals surface area (Å²) in [6.07, 6.45) is 0.639. The van der Waals surface area contributed by atoms with Gasteiger partial charge in [0.05, 0.1) is 6.61 Å². The number of ether oxygens (including phenoxy) is 1. The van der Waals surface area contributed by atoms with Crippen molar-refractivity contribution < 1.29 is 4.74 Å². The van der Waals surface area contributed by atoms with Crippen LogP contribution in [0.4, 0.5) is 5.95 Å². The minimum atomic E-state index is 0.246. The van der Waals surface area contributed by atoms with Crippen molar-refractivity contribution in [2.45, 2.75) is 13.3 Å². The molecule has 1 heterocycles. The maximum Gasteiger partial charge on any atom is 0.223 e. The molecule has 1 aromatic carbocycles. The zero-order valence-electron chi connectivity index (χ0n) is 10.3. The van der Waals surface area contributed by atoms with Crippen LogP contribution in [0.2, 0.25) is 0 Å². The maximum atomic E-state index is 5.70. The number of nitrogens with zero attached hydrogens (tertiary/aromatic N) is 3. The van der Waals surface area contributed by atoms with Gasteiger partial charge in [0, 0.05) is 18.6 Å². The van der Waals surface area contributed by atoms with Crippen LogP contribution in [0.5, 0.6) is 0 Å². The second kappa shape index (κ2) is 6.07. The minimum absolute atomic E-state index is 0.246. The largest absolute Gasteiger partial charge is 0.381 e. The summed E-state index contributed by atoms with van der Waals surface area (Å²) in [5.74, 6) is 1.51. The van der Waals surface area contributed by atoms with Crippen LogP contribution in [0.3, 0.4) is 0 Å². The summed E-state index contributed by atoms with van der Waals surface area (Å²) in [7, 11) is 0. The van der Waals surface area contributed by atoms with Gasteiger partial charge in [-0.15, -0.1) is 0 Å². The molecule has 0 aliphatic rings. The third-order valence-corrected chi connectivity index (χ3v) is 2.41. The fourth-order valence-corrected chi connectivity index (χ4v) is 1.57. The van der Waals surface area contributed by atoms with Gasteiger partial charge in [0.25, 0.3) is 0 Å². The van der Waals surface area contributed by atoms with Crippen molar-refractivity contribution in [3.8, 4) is 11.4 Å². The zero-order valence-corrected chi connectivity index (χ0v) is 10.3. The summed E-state index contributed by atoms with van der Waals surface area (Å²) in [6, 6.07) is 9.72. The molecule has 2 rings (SSSR count). The highest BCUT2D eigenvalue weighted by atomic mass is 16.5. The molecule has 94 valence electrons. The van der Waals surface area contributed by atoms with Gasteiger partial charge >= 0.3 is 0 Å². The van der Waals surface area contributed by atoms with Crippen LogP contribution in [-0.2, 0) is 11.2 Å². The van der Waals surface area contributed by atoms with Gasteiger partial charge in [-0.3, -0.25) is 0 Å². The van der Waals surface area contributed by atoms with Gasteiger partial charge in [-0.2, -0.15) is 9.97 Å². The molecular weight excluding hydrogens is 228 g/mol. The topological polar surface area (TPSA) is 73.9 Å². The van der Waals surface area contributed by atoms with Crippen molar-refractivity contribution >= 4 is 5.95 Å². The molecule has 0 fully saturated rings. The van der Waals surface area contributed by atoms with Gasteiger partial charge in [-0.25, -0.2) is 4.98 Å². The van der Waals surface area contributed by atoms with E-state index in [1.165, 1.54) is 0 Å². The Morgan fingerprint density at radius 2 is 1.89 bits per heavy atom. The van der Waals surface area contributed by atoms with Gasteiger partial charge in [-0.1, -0.05) is 30.3 Å². The van der Waals surface area contributed by atoms with E-state index in [-0.39, 0.29) is 5.95 Å². The third-order valence-electron chi connectivity index (χ3n) is 2.41. The van der Waals surface area contributed by atoms with Crippen LogP contribution in [0, 0.1) is 0 Å². The standard InChI is InChI=1S/C13H16N4O/c1-2-18-9-8-11-15-12(17-13(14)16-11)10-6-4-3-5-7-10/h3-7H,2,8-9H2,1H3,(H2,14,15,16,17). The van der Waals surface area contributed by atoms with Gasteiger partial charge in [0.1, 0.15) is 5.82 Å². The van der Waals surface area contributed by atoms with Crippen LogP contribution in [0.1, 0.15) is 12.7 Å². The fraction of sp³-hybridized carbons (Fsp3) is 0.308. The molecule has 5 heteroatoms. The van der Waals surface area contributed by atoms with Crippen LogP contribution in [0.25, 0.3) is 11.4 Å². The molecule has 0 spiro atoms. The lowest BCUT2D eigenvalue weighted by Gasteiger charge is -2.05. The monoisotopic (exact) mass is 244 g/mol. The van der Waals surface area contributed by atoms with E-state index in [9.17, 15) is 0 Å². The number of anilines is 1. The Labute approximate surface area is 106 Å². The SMILES string of the molecule is CCOCCc1nc(N)nc(-c2ccccc2)n1. The molecule has 2 N–H and O–H groups in total. The lowest BCUT2D eigenvalue weighted by Crippen LogP contribution is -2.08. The number of rotatable bonds is 5. The summed E-state index contributed by atoms with van der Waals surface area (Å²) in [6.45, 7) is 3.23. The van der Waals surface area contributed by atoms with E-state index in [1.807, 2.05) is 37.3 Å². The molecule has 5 nitrogen and oxygen atoms in total. The van der Waals surface area contributed by atoms with E-state index in [1.54, 1.807) is 0 Å². The van der Waals surface area contributed by atoms with Gasteiger partial charge < -0.3 is 10.5 Å². The van der Waals surface area contributed by atoms with E-state index < -0.39 is 0 Å². The summed E-state index contributed by atoms with van der Waals surface area (Å²) >= 11 is 0. The maximum absolute atomic E-state index is 5.70. The Bertz CT molecular complexity index is 502. The van der Waals surface area contributed by atoms with Crippen LogP contribution < -0.4 is 5.73 Å². The average molecular weight is 244 g/mol. The summed E-state index contributed by atoms with van der Waals surface area (Å²) in [4.78, 5) is 12.6. The molecular formula is C13H16N4O. The lowest BCUT2D eigenvalue weighted by atomic mass is 10.2. The number of nitrogens with two attached hydrogens (primary N) is 1. The molecule has 0 saturated carbocycles. The number of nitrogen functional groups attached to an aromatic ring is 1. The summed E-state index contributed by atoms with van der Waals surface area (Å²) < 4.78 is 5.28. The first-order valence-corrected chi connectivity index (χ1v) is 5.93. The minimum Gasteiger partial charge on any atom is -0.381 e. The van der Waals surface area contributed by atoms with Crippen LogP contribution in [0.15, 0.2) is 30.3 Å². The number of hydrogen-bond donors (Lipinski definition) is 1. The Hall–Kier alpha value is -2.01. The number of aromatic nitrogens is 3. The second-order valence-electron chi connectivity index (χ2n) is 3.75.